The Bertz CT molecular complexity index is 546. The molecule has 1 aliphatic rings. The summed E-state index contributed by atoms with van der Waals surface area (Å²) in [6, 6.07) is 14.0. The Balaban J connectivity index is 1.93. The topological polar surface area (TPSA) is 4.93 Å². The van der Waals surface area contributed by atoms with Crippen molar-refractivity contribution in [2.24, 2.45) is 0 Å². The number of benzene rings is 1. The van der Waals surface area contributed by atoms with E-state index in [-0.39, 0.29) is 0 Å². The highest BCUT2D eigenvalue weighted by Crippen LogP contribution is 2.34. The predicted molar refractivity (Wildman–Crippen MR) is 90.6 cm³/mol. The van der Waals surface area contributed by atoms with Crippen molar-refractivity contribution >= 4 is 0 Å². The lowest BCUT2D eigenvalue weighted by Crippen LogP contribution is -2.12. The van der Waals surface area contributed by atoms with E-state index in [4.69, 9.17) is 0 Å². The maximum absolute atomic E-state index is 2.58. The molecule has 1 nitrogen and oxygen atoms in total. The summed E-state index contributed by atoms with van der Waals surface area (Å²) < 4.78 is 2.58. The van der Waals surface area contributed by atoms with Crippen molar-refractivity contribution in [3.8, 4) is 11.3 Å². The van der Waals surface area contributed by atoms with Crippen molar-refractivity contribution in [2.75, 3.05) is 0 Å². The number of unbranched alkanes of at least 4 members (excludes halogenated alkanes) is 1. The molecular weight excluding hydrogens is 254 g/mol. The summed E-state index contributed by atoms with van der Waals surface area (Å²) in [6.07, 6.45) is 13.1. The van der Waals surface area contributed by atoms with Gasteiger partial charge in [-0.25, -0.2) is 0 Å². The van der Waals surface area contributed by atoms with Crippen LogP contribution in [0, 0.1) is 0 Å². The third-order valence-electron chi connectivity index (χ3n) is 4.76. The number of rotatable bonds is 5. The molecule has 1 aromatic heterocycles. The van der Waals surface area contributed by atoms with Crippen LogP contribution in [0.4, 0.5) is 0 Å². The second-order valence-electron chi connectivity index (χ2n) is 6.40. The van der Waals surface area contributed by atoms with Gasteiger partial charge in [-0.3, -0.25) is 0 Å². The third kappa shape index (κ3) is 3.40. The van der Waals surface area contributed by atoms with Crippen LogP contribution >= 0.6 is 0 Å². The number of nitrogens with zero attached hydrogens (tertiary/aromatic N) is 1. The fourth-order valence-electron chi connectivity index (χ4n) is 3.56. The van der Waals surface area contributed by atoms with E-state index >= 15 is 0 Å². The summed E-state index contributed by atoms with van der Waals surface area (Å²) in [5.41, 5.74) is 4.31. The van der Waals surface area contributed by atoms with Crippen LogP contribution in [-0.4, -0.2) is 4.57 Å². The maximum Gasteiger partial charge on any atom is 0.0485 e. The minimum Gasteiger partial charge on any atom is -0.344 e. The molecule has 0 amide bonds. The van der Waals surface area contributed by atoms with Crippen LogP contribution in [0.25, 0.3) is 11.3 Å². The normalized spacial score (nSPS) is 16.2. The van der Waals surface area contributed by atoms with E-state index in [0.29, 0.717) is 6.04 Å². The molecule has 0 aliphatic heterocycles. The maximum atomic E-state index is 2.58. The van der Waals surface area contributed by atoms with E-state index < -0.39 is 0 Å². The zero-order chi connectivity index (χ0) is 14.5. The standard InChI is InChI=1S/C20H27N/c1-2-3-10-17-15-20(18-11-6-4-7-12-18)21(16-17)19-13-8-5-9-14-19/h4,6-7,11-12,15-16,19H,2-3,5,8-10,13-14H2,1H3. The molecule has 0 saturated heterocycles. The van der Waals surface area contributed by atoms with Gasteiger partial charge in [0.15, 0.2) is 0 Å². The van der Waals surface area contributed by atoms with E-state index in [1.54, 1.807) is 0 Å². The van der Waals surface area contributed by atoms with Gasteiger partial charge in [0.2, 0.25) is 0 Å². The average Bonchev–Trinajstić information content (AvgIpc) is 2.99. The highest BCUT2D eigenvalue weighted by Gasteiger charge is 2.19. The monoisotopic (exact) mass is 281 g/mol. The first-order valence-corrected chi connectivity index (χ1v) is 8.64. The molecule has 2 aromatic rings. The molecule has 1 saturated carbocycles. The largest absolute Gasteiger partial charge is 0.344 e. The minimum absolute atomic E-state index is 0.712. The zero-order valence-corrected chi connectivity index (χ0v) is 13.2. The first kappa shape index (κ1) is 14.4. The number of hydrogen-bond donors (Lipinski definition) is 0. The highest BCUT2D eigenvalue weighted by molar-refractivity contribution is 5.61. The minimum atomic E-state index is 0.712. The molecule has 0 atom stereocenters. The molecule has 1 aromatic carbocycles. The van der Waals surface area contributed by atoms with Crippen LogP contribution in [-0.2, 0) is 6.42 Å². The Kier molecular flexibility index (Phi) is 4.80. The Hall–Kier alpha value is -1.50. The molecule has 0 unspecified atom stereocenters. The van der Waals surface area contributed by atoms with Gasteiger partial charge < -0.3 is 4.57 Å². The molecule has 1 heteroatoms. The lowest BCUT2D eigenvalue weighted by Gasteiger charge is -2.25. The first-order valence-electron chi connectivity index (χ1n) is 8.64. The van der Waals surface area contributed by atoms with Crippen molar-refractivity contribution in [1.29, 1.82) is 0 Å². The number of aryl methyl sites for hydroxylation is 1. The van der Waals surface area contributed by atoms with Crippen molar-refractivity contribution in [3.05, 3.63) is 48.2 Å². The second-order valence-corrected chi connectivity index (χ2v) is 6.40. The Morgan fingerprint density at radius 1 is 1.05 bits per heavy atom. The SMILES string of the molecule is CCCCc1cc(-c2ccccc2)n(C2CCCCC2)c1. The summed E-state index contributed by atoms with van der Waals surface area (Å²) in [7, 11) is 0. The van der Waals surface area contributed by atoms with Crippen LogP contribution < -0.4 is 0 Å². The molecule has 1 aliphatic carbocycles. The summed E-state index contributed by atoms with van der Waals surface area (Å²) >= 11 is 0. The molecule has 1 fully saturated rings. The van der Waals surface area contributed by atoms with Gasteiger partial charge in [-0.05, 0) is 42.9 Å². The van der Waals surface area contributed by atoms with E-state index in [2.05, 4.69) is 54.1 Å². The second kappa shape index (κ2) is 6.98. The van der Waals surface area contributed by atoms with Gasteiger partial charge in [-0.2, -0.15) is 0 Å². The molecule has 112 valence electrons. The molecule has 0 spiro atoms. The zero-order valence-electron chi connectivity index (χ0n) is 13.2. The van der Waals surface area contributed by atoms with Crippen LogP contribution in [0.2, 0.25) is 0 Å². The van der Waals surface area contributed by atoms with E-state index in [1.807, 2.05) is 0 Å². The quantitative estimate of drug-likeness (QED) is 0.633. The summed E-state index contributed by atoms with van der Waals surface area (Å²) in [5.74, 6) is 0. The molecule has 1 heterocycles. The lowest BCUT2D eigenvalue weighted by molar-refractivity contribution is 0.356. The first-order chi connectivity index (χ1) is 10.4. The number of hydrogen-bond acceptors (Lipinski definition) is 0. The fraction of sp³-hybridized carbons (Fsp3) is 0.500. The summed E-state index contributed by atoms with van der Waals surface area (Å²) in [6.45, 7) is 2.27. The third-order valence-corrected chi connectivity index (χ3v) is 4.76. The van der Waals surface area contributed by atoms with Crippen molar-refractivity contribution in [1.82, 2.24) is 4.57 Å². The van der Waals surface area contributed by atoms with E-state index in [9.17, 15) is 0 Å². The average molecular weight is 281 g/mol. The molecule has 0 radical (unpaired) electrons. The van der Waals surface area contributed by atoms with Crippen LogP contribution in [0.15, 0.2) is 42.6 Å². The van der Waals surface area contributed by atoms with Crippen molar-refractivity contribution < 1.29 is 0 Å². The van der Waals surface area contributed by atoms with Gasteiger partial charge in [-0.1, -0.05) is 62.9 Å². The predicted octanol–water partition coefficient (Wildman–Crippen LogP) is 6.00. The lowest BCUT2D eigenvalue weighted by atomic mass is 9.95. The van der Waals surface area contributed by atoms with Gasteiger partial charge in [0.1, 0.15) is 0 Å². The van der Waals surface area contributed by atoms with Crippen LogP contribution in [0.1, 0.15) is 63.5 Å². The molecule has 0 N–H and O–H groups in total. The van der Waals surface area contributed by atoms with Crippen LogP contribution in [0.3, 0.4) is 0 Å². The van der Waals surface area contributed by atoms with Crippen molar-refractivity contribution in [3.63, 3.8) is 0 Å². The van der Waals surface area contributed by atoms with Gasteiger partial charge in [0.25, 0.3) is 0 Å². The Morgan fingerprint density at radius 2 is 1.81 bits per heavy atom. The van der Waals surface area contributed by atoms with E-state index in [1.165, 1.54) is 68.2 Å². The molecule has 21 heavy (non-hydrogen) atoms. The van der Waals surface area contributed by atoms with Gasteiger partial charge in [-0.15, -0.1) is 0 Å². The van der Waals surface area contributed by atoms with Gasteiger partial charge >= 0.3 is 0 Å². The molecule has 3 rings (SSSR count). The molecule has 0 bridgehead atoms. The Morgan fingerprint density at radius 3 is 2.52 bits per heavy atom. The summed E-state index contributed by atoms with van der Waals surface area (Å²) in [4.78, 5) is 0. The highest BCUT2D eigenvalue weighted by atomic mass is 15.0. The smallest absolute Gasteiger partial charge is 0.0485 e. The van der Waals surface area contributed by atoms with Crippen LogP contribution in [0.5, 0.6) is 0 Å². The van der Waals surface area contributed by atoms with Gasteiger partial charge in [0, 0.05) is 17.9 Å². The van der Waals surface area contributed by atoms with E-state index in [0.717, 1.165) is 0 Å². The summed E-state index contributed by atoms with van der Waals surface area (Å²) in [5, 5.41) is 0. The Labute approximate surface area is 129 Å². The molecular formula is C20H27N. The fourth-order valence-corrected chi connectivity index (χ4v) is 3.56. The van der Waals surface area contributed by atoms with Crippen molar-refractivity contribution in [2.45, 2.75) is 64.3 Å². The number of aromatic nitrogens is 1. The van der Waals surface area contributed by atoms with Gasteiger partial charge in [0.05, 0.1) is 0 Å².